The Hall–Kier alpha value is -2.54. The molecular formula is C26H30BrN5O4S2. The molecule has 4 rings (SSSR count). The molecule has 202 valence electrons. The van der Waals surface area contributed by atoms with E-state index >= 15 is 0 Å². The van der Waals surface area contributed by atoms with Crippen molar-refractivity contribution >= 4 is 49.4 Å². The van der Waals surface area contributed by atoms with E-state index in [1.807, 2.05) is 28.8 Å². The quantitative estimate of drug-likeness (QED) is 0.194. The topological polar surface area (TPSA) is 114 Å². The lowest BCUT2D eigenvalue weighted by molar-refractivity contribution is -0.118. The highest BCUT2D eigenvalue weighted by atomic mass is 79.9. The summed E-state index contributed by atoms with van der Waals surface area (Å²) < 4.78 is 30.2. The summed E-state index contributed by atoms with van der Waals surface area (Å²) >= 11 is 4.73. The molecule has 0 radical (unpaired) electrons. The van der Waals surface area contributed by atoms with E-state index in [9.17, 15) is 18.0 Å². The smallest absolute Gasteiger partial charge is 0.243 e. The molecule has 0 bridgehead atoms. The highest BCUT2D eigenvalue weighted by Gasteiger charge is 2.26. The number of carbonyl (C=O) groups is 2. The van der Waals surface area contributed by atoms with Crippen molar-refractivity contribution in [1.82, 2.24) is 24.4 Å². The van der Waals surface area contributed by atoms with Gasteiger partial charge in [0.05, 0.1) is 10.6 Å². The maximum Gasteiger partial charge on any atom is 0.243 e. The molecule has 1 aromatic heterocycles. The molecule has 1 aliphatic heterocycles. The highest BCUT2D eigenvalue weighted by molar-refractivity contribution is 9.10. The zero-order valence-corrected chi connectivity index (χ0v) is 24.3. The summed E-state index contributed by atoms with van der Waals surface area (Å²) in [6, 6.07) is 13.9. The minimum Gasteiger partial charge on any atom is -0.356 e. The number of rotatable bonds is 11. The van der Waals surface area contributed by atoms with E-state index < -0.39 is 10.0 Å². The number of benzene rings is 2. The van der Waals surface area contributed by atoms with Gasteiger partial charge in [0.2, 0.25) is 15.9 Å². The molecule has 0 spiro atoms. The SMILES string of the molecule is CC(=O)NCCCc1nnc(SCC(=O)c2ccc(S(=O)(=O)N3CCCCC3)cc2)n1-c1ccc(Br)cc1. The number of nitrogens with zero attached hydrogens (tertiary/aromatic N) is 4. The van der Waals surface area contributed by atoms with E-state index in [2.05, 4.69) is 31.4 Å². The largest absolute Gasteiger partial charge is 0.356 e. The van der Waals surface area contributed by atoms with Crippen LogP contribution in [0, 0.1) is 0 Å². The number of halogens is 1. The first-order valence-electron chi connectivity index (χ1n) is 12.5. The van der Waals surface area contributed by atoms with Crippen molar-refractivity contribution in [3.63, 3.8) is 0 Å². The number of ketones is 1. The van der Waals surface area contributed by atoms with Crippen LogP contribution in [0.5, 0.6) is 0 Å². The molecule has 12 heteroatoms. The minimum atomic E-state index is -3.54. The van der Waals surface area contributed by atoms with Crippen LogP contribution in [-0.4, -0.2) is 64.6 Å². The number of hydrogen-bond donors (Lipinski definition) is 1. The minimum absolute atomic E-state index is 0.0775. The van der Waals surface area contributed by atoms with Crippen LogP contribution in [0.25, 0.3) is 5.69 Å². The van der Waals surface area contributed by atoms with E-state index in [-0.39, 0.29) is 22.3 Å². The number of nitrogens with one attached hydrogen (secondary N) is 1. The Morgan fingerprint density at radius 3 is 2.34 bits per heavy atom. The third kappa shape index (κ3) is 7.10. The molecule has 1 saturated heterocycles. The van der Waals surface area contributed by atoms with Gasteiger partial charge < -0.3 is 5.32 Å². The molecule has 0 aliphatic carbocycles. The number of hydrogen-bond acceptors (Lipinski definition) is 7. The average molecular weight is 621 g/mol. The lowest BCUT2D eigenvalue weighted by Gasteiger charge is -2.25. The third-order valence-electron chi connectivity index (χ3n) is 6.20. The van der Waals surface area contributed by atoms with Gasteiger partial charge in [-0.15, -0.1) is 10.2 Å². The number of thioether (sulfide) groups is 1. The maximum atomic E-state index is 13.0. The van der Waals surface area contributed by atoms with Crippen LogP contribution in [0.1, 0.15) is 48.8 Å². The first-order chi connectivity index (χ1) is 18.3. The second-order valence-electron chi connectivity index (χ2n) is 9.00. The lowest BCUT2D eigenvalue weighted by Crippen LogP contribution is -2.35. The fourth-order valence-electron chi connectivity index (χ4n) is 4.20. The summed E-state index contributed by atoms with van der Waals surface area (Å²) in [6.07, 6.45) is 4.09. The monoisotopic (exact) mass is 619 g/mol. The third-order valence-corrected chi connectivity index (χ3v) is 9.57. The Morgan fingerprint density at radius 1 is 1.00 bits per heavy atom. The molecule has 1 aliphatic rings. The number of aryl methyl sites for hydroxylation is 1. The Kier molecular flexibility index (Phi) is 9.74. The number of piperidine rings is 1. The van der Waals surface area contributed by atoms with Gasteiger partial charge in [0.25, 0.3) is 0 Å². The number of Topliss-reactive ketones (excluding diaryl/α,β-unsaturated/α-hetero) is 1. The molecule has 1 amide bonds. The molecular weight excluding hydrogens is 590 g/mol. The molecule has 38 heavy (non-hydrogen) atoms. The average Bonchev–Trinajstić information content (AvgIpc) is 3.33. The summed E-state index contributed by atoms with van der Waals surface area (Å²) in [6.45, 7) is 3.09. The van der Waals surface area contributed by atoms with E-state index in [0.29, 0.717) is 43.2 Å². The standard InChI is InChI=1S/C26H30BrN5O4S2/c1-19(33)28-15-5-6-25-29-30-26(32(25)22-11-9-21(27)10-12-22)37-18-24(34)20-7-13-23(14-8-20)38(35,36)31-16-3-2-4-17-31/h7-14H,2-6,15-18H2,1H3,(H,28,33). The summed E-state index contributed by atoms with van der Waals surface area (Å²) in [4.78, 5) is 24.4. The van der Waals surface area contributed by atoms with Crippen molar-refractivity contribution in [1.29, 1.82) is 0 Å². The first kappa shape index (κ1) is 28.5. The Balaban J connectivity index is 1.45. The van der Waals surface area contributed by atoms with Crippen LogP contribution < -0.4 is 5.32 Å². The summed E-state index contributed by atoms with van der Waals surface area (Å²) in [5.41, 5.74) is 1.32. The predicted octanol–water partition coefficient (Wildman–Crippen LogP) is 4.25. The summed E-state index contributed by atoms with van der Waals surface area (Å²) in [5, 5.41) is 12.1. The van der Waals surface area contributed by atoms with Crippen molar-refractivity contribution in [3.8, 4) is 5.69 Å². The number of amides is 1. The van der Waals surface area contributed by atoms with Crippen LogP contribution in [0.3, 0.4) is 0 Å². The Bertz CT molecular complexity index is 1370. The fraction of sp³-hybridized carbons (Fsp3) is 0.385. The molecule has 2 aromatic carbocycles. The number of aromatic nitrogens is 3. The van der Waals surface area contributed by atoms with Crippen LogP contribution in [0.4, 0.5) is 0 Å². The van der Waals surface area contributed by atoms with Crippen LogP contribution >= 0.6 is 27.7 Å². The van der Waals surface area contributed by atoms with E-state index in [1.54, 1.807) is 12.1 Å². The van der Waals surface area contributed by atoms with Crippen LogP contribution in [0.2, 0.25) is 0 Å². The number of sulfonamides is 1. The van der Waals surface area contributed by atoms with Gasteiger partial charge in [-0.3, -0.25) is 14.2 Å². The van der Waals surface area contributed by atoms with Crippen molar-refractivity contribution < 1.29 is 18.0 Å². The Labute approximate surface area is 235 Å². The lowest BCUT2D eigenvalue weighted by atomic mass is 10.1. The van der Waals surface area contributed by atoms with Gasteiger partial charge in [-0.25, -0.2) is 8.42 Å². The van der Waals surface area contributed by atoms with Gasteiger partial charge in [0.15, 0.2) is 10.9 Å². The molecule has 1 fully saturated rings. The van der Waals surface area contributed by atoms with Crippen molar-refractivity contribution in [2.75, 3.05) is 25.4 Å². The molecule has 9 nitrogen and oxygen atoms in total. The summed E-state index contributed by atoms with van der Waals surface area (Å²) in [7, 11) is -3.54. The second-order valence-corrected chi connectivity index (χ2v) is 12.8. The highest BCUT2D eigenvalue weighted by Crippen LogP contribution is 2.26. The zero-order chi connectivity index (χ0) is 27.1. The maximum absolute atomic E-state index is 13.0. The van der Waals surface area contributed by atoms with Gasteiger partial charge in [-0.05, 0) is 55.7 Å². The van der Waals surface area contributed by atoms with Crippen molar-refractivity contribution in [2.45, 2.75) is 49.1 Å². The van der Waals surface area contributed by atoms with Gasteiger partial charge in [0.1, 0.15) is 5.82 Å². The first-order valence-corrected chi connectivity index (χ1v) is 15.7. The molecule has 3 aromatic rings. The molecule has 0 atom stereocenters. The van der Waals surface area contributed by atoms with E-state index in [4.69, 9.17) is 0 Å². The molecule has 0 unspecified atom stereocenters. The van der Waals surface area contributed by atoms with Gasteiger partial charge in [0, 0.05) is 48.7 Å². The van der Waals surface area contributed by atoms with Crippen molar-refractivity contribution in [2.24, 2.45) is 0 Å². The number of carbonyl (C=O) groups excluding carboxylic acids is 2. The summed E-state index contributed by atoms with van der Waals surface area (Å²) in [5.74, 6) is 0.652. The predicted molar refractivity (Wildman–Crippen MR) is 150 cm³/mol. The molecule has 2 heterocycles. The normalized spacial score (nSPS) is 14.4. The van der Waals surface area contributed by atoms with Crippen molar-refractivity contribution in [3.05, 3.63) is 64.4 Å². The fourth-order valence-corrected chi connectivity index (χ4v) is 6.84. The zero-order valence-electron chi connectivity index (χ0n) is 21.1. The molecule has 0 saturated carbocycles. The molecule has 1 N–H and O–H groups in total. The van der Waals surface area contributed by atoms with Crippen LogP contribution in [0.15, 0.2) is 63.1 Å². The van der Waals surface area contributed by atoms with Gasteiger partial charge in [-0.1, -0.05) is 46.2 Å². The Morgan fingerprint density at radius 2 is 1.68 bits per heavy atom. The van der Waals surface area contributed by atoms with Gasteiger partial charge in [-0.2, -0.15) is 4.31 Å². The second kappa shape index (κ2) is 13.0. The van der Waals surface area contributed by atoms with E-state index in [1.165, 1.54) is 35.1 Å². The van der Waals surface area contributed by atoms with E-state index in [0.717, 1.165) is 35.2 Å². The van der Waals surface area contributed by atoms with Crippen LogP contribution in [-0.2, 0) is 21.2 Å². The van der Waals surface area contributed by atoms with Gasteiger partial charge >= 0.3 is 0 Å².